The molecule has 110 valence electrons. The van der Waals surface area contributed by atoms with Crippen LogP contribution in [-0.4, -0.2) is 41.3 Å². The lowest BCUT2D eigenvalue weighted by molar-refractivity contribution is -0.121. The van der Waals surface area contributed by atoms with Crippen molar-refractivity contribution in [1.82, 2.24) is 9.88 Å². The Labute approximate surface area is 121 Å². The number of nitrogens with one attached hydrogen (secondary N) is 1. The first-order chi connectivity index (χ1) is 9.52. The molecule has 1 saturated heterocycles. The minimum atomic E-state index is -0.358. The molecule has 20 heavy (non-hydrogen) atoms. The minimum Gasteiger partial charge on any atom is -0.382 e. The summed E-state index contributed by atoms with van der Waals surface area (Å²) in [5, 5.41) is 3.76. The summed E-state index contributed by atoms with van der Waals surface area (Å²) < 4.78 is 0. The van der Waals surface area contributed by atoms with Gasteiger partial charge in [0.25, 0.3) is 5.91 Å². The number of aromatic nitrogens is 1. The van der Waals surface area contributed by atoms with Crippen LogP contribution in [0, 0.1) is 5.92 Å². The highest BCUT2D eigenvalue weighted by molar-refractivity contribution is 7.18. The molecule has 0 aliphatic carbocycles. The van der Waals surface area contributed by atoms with E-state index in [2.05, 4.69) is 10.3 Å². The Morgan fingerprint density at radius 3 is 2.90 bits per heavy atom. The standard InChI is InChI=1S/C12H19N5O2S/c1-2-4-15-12-16-9(13)8(20-12)11(19)17-5-3-7(6-17)10(14)18/h7H,2-6,13H2,1H3,(H2,14,18)(H,15,16). The maximum Gasteiger partial charge on any atom is 0.267 e. The van der Waals surface area contributed by atoms with Crippen molar-refractivity contribution in [1.29, 1.82) is 0 Å². The van der Waals surface area contributed by atoms with Gasteiger partial charge in [0, 0.05) is 19.6 Å². The molecule has 0 radical (unpaired) electrons. The van der Waals surface area contributed by atoms with Crippen molar-refractivity contribution in [3.8, 4) is 0 Å². The van der Waals surface area contributed by atoms with Crippen molar-refractivity contribution in [2.45, 2.75) is 19.8 Å². The zero-order chi connectivity index (χ0) is 14.7. The molecule has 1 aromatic rings. The summed E-state index contributed by atoms with van der Waals surface area (Å²) in [5.74, 6) is -0.553. The van der Waals surface area contributed by atoms with Gasteiger partial charge in [0.1, 0.15) is 10.7 Å². The minimum absolute atomic E-state index is 0.173. The van der Waals surface area contributed by atoms with Crippen LogP contribution >= 0.6 is 11.3 Å². The van der Waals surface area contributed by atoms with Crippen LogP contribution in [0.1, 0.15) is 29.4 Å². The Morgan fingerprint density at radius 1 is 1.55 bits per heavy atom. The van der Waals surface area contributed by atoms with E-state index in [1.807, 2.05) is 6.92 Å². The summed E-state index contributed by atoms with van der Waals surface area (Å²) in [6, 6.07) is 0. The molecule has 1 atom stereocenters. The second-order valence-electron chi connectivity index (χ2n) is 4.80. The Morgan fingerprint density at radius 2 is 2.30 bits per heavy atom. The number of thiazole rings is 1. The van der Waals surface area contributed by atoms with E-state index in [4.69, 9.17) is 11.5 Å². The van der Waals surface area contributed by atoms with Gasteiger partial charge in [-0.2, -0.15) is 0 Å². The van der Waals surface area contributed by atoms with Crippen molar-refractivity contribution >= 4 is 34.1 Å². The molecule has 1 unspecified atom stereocenters. The summed E-state index contributed by atoms with van der Waals surface area (Å²) in [7, 11) is 0. The predicted molar refractivity (Wildman–Crippen MR) is 78.5 cm³/mol. The van der Waals surface area contributed by atoms with Gasteiger partial charge in [0.05, 0.1) is 5.92 Å². The molecule has 0 bridgehead atoms. The fourth-order valence-corrected chi connectivity index (χ4v) is 2.99. The average Bonchev–Trinajstić information content (AvgIpc) is 3.02. The third-order valence-electron chi connectivity index (χ3n) is 3.25. The van der Waals surface area contributed by atoms with Crippen molar-refractivity contribution in [2.75, 3.05) is 30.7 Å². The monoisotopic (exact) mass is 297 g/mol. The molecule has 1 aliphatic heterocycles. The van der Waals surface area contributed by atoms with Gasteiger partial charge >= 0.3 is 0 Å². The molecule has 0 aromatic carbocycles. The summed E-state index contributed by atoms with van der Waals surface area (Å²) in [6.07, 6.45) is 1.58. The number of anilines is 2. The first-order valence-corrected chi connectivity index (χ1v) is 7.43. The first kappa shape index (κ1) is 14.6. The Kier molecular flexibility index (Phi) is 4.43. The molecule has 5 N–H and O–H groups in total. The second kappa shape index (κ2) is 6.08. The van der Waals surface area contributed by atoms with Crippen molar-refractivity contribution < 1.29 is 9.59 Å². The number of carbonyl (C=O) groups excluding carboxylic acids is 2. The highest BCUT2D eigenvalue weighted by atomic mass is 32.1. The molecule has 1 fully saturated rings. The number of amides is 2. The van der Waals surface area contributed by atoms with Crippen LogP contribution in [0.25, 0.3) is 0 Å². The van der Waals surface area contributed by atoms with Crippen LogP contribution in [-0.2, 0) is 4.79 Å². The quantitative estimate of drug-likeness (QED) is 0.732. The van der Waals surface area contributed by atoms with Gasteiger partial charge in [-0.15, -0.1) is 0 Å². The van der Waals surface area contributed by atoms with Gasteiger partial charge < -0.3 is 21.7 Å². The molecule has 2 heterocycles. The summed E-state index contributed by atoms with van der Waals surface area (Å²) in [6.45, 7) is 3.73. The summed E-state index contributed by atoms with van der Waals surface area (Å²) in [4.78, 5) is 29.7. The fourth-order valence-electron chi connectivity index (χ4n) is 2.11. The number of carbonyl (C=O) groups is 2. The fraction of sp³-hybridized carbons (Fsp3) is 0.583. The lowest BCUT2D eigenvalue weighted by Gasteiger charge is -2.14. The third kappa shape index (κ3) is 3.01. The lowest BCUT2D eigenvalue weighted by Crippen LogP contribution is -2.31. The number of rotatable bonds is 5. The van der Waals surface area contributed by atoms with Crippen LogP contribution in [0.3, 0.4) is 0 Å². The number of nitrogens with zero attached hydrogens (tertiary/aromatic N) is 2. The van der Waals surface area contributed by atoms with Gasteiger partial charge in [0.2, 0.25) is 5.91 Å². The summed E-state index contributed by atoms with van der Waals surface area (Å²) in [5.41, 5.74) is 11.1. The van der Waals surface area contributed by atoms with Crippen molar-refractivity contribution in [3.05, 3.63) is 4.88 Å². The molecule has 7 nitrogen and oxygen atoms in total. The molecule has 0 saturated carbocycles. The third-order valence-corrected chi connectivity index (χ3v) is 4.27. The topological polar surface area (TPSA) is 114 Å². The van der Waals surface area contributed by atoms with Gasteiger partial charge in [-0.05, 0) is 12.8 Å². The lowest BCUT2D eigenvalue weighted by atomic mass is 10.1. The maximum atomic E-state index is 12.4. The zero-order valence-electron chi connectivity index (χ0n) is 11.4. The number of nitrogen functional groups attached to an aromatic ring is 1. The van der Waals surface area contributed by atoms with Gasteiger partial charge in [-0.3, -0.25) is 9.59 Å². The highest BCUT2D eigenvalue weighted by Gasteiger charge is 2.32. The van der Waals surface area contributed by atoms with Crippen molar-refractivity contribution in [3.63, 3.8) is 0 Å². The Hall–Kier alpha value is -1.83. The van der Waals surface area contributed by atoms with Crippen LogP contribution in [0.15, 0.2) is 0 Å². The SMILES string of the molecule is CCCNc1nc(N)c(C(=O)N2CCC(C(N)=O)C2)s1. The first-order valence-electron chi connectivity index (χ1n) is 6.61. The normalized spacial score (nSPS) is 18.2. The van der Waals surface area contributed by atoms with Gasteiger partial charge in [0.15, 0.2) is 5.13 Å². The smallest absolute Gasteiger partial charge is 0.267 e. The molecule has 2 amide bonds. The number of nitrogens with two attached hydrogens (primary N) is 2. The predicted octanol–water partition coefficient (Wildman–Crippen LogP) is 0.495. The van der Waals surface area contributed by atoms with E-state index >= 15 is 0 Å². The molecule has 1 aliphatic rings. The van der Waals surface area contributed by atoms with E-state index in [0.717, 1.165) is 13.0 Å². The summed E-state index contributed by atoms with van der Waals surface area (Å²) >= 11 is 1.25. The van der Waals surface area contributed by atoms with Crippen molar-refractivity contribution in [2.24, 2.45) is 11.7 Å². The van der Waals surface area contributed by atoms with E-state index in [1.54, 1.807) is 4.90 Å². The maximum absolute atomic E-state index is 12.4. The van der Waals surface area contributed by atoms with E-state index in [0.29, 0.717) is 29.5 Å². The number of primary amides is 1. The molecule has 2 rings (SSSR count). The van der Waals surface area contributed by atoms with E-state index in [-0.39, 0.29) is 23.6 Å². The molecular weight excluding hydrogens is 278 g/mol. The van der Waals surface area contributed by atoms with E-state index < -0.39 is 0 Å². The Bertz CT molecular complexity index is 516. The second-order valence-corrected chi connectivity index (χ2v) is 5.80. The molecular formula is C12H19N5O2S. The molecule has 1 aromatic heterocycles. The average molecular weight is 297 g/mol. The van der Waals surface area contributed by atoms with Crippen LogP contribution < -0.4 is 16.8 Å². The highest BCUT2D eigenvalue weighted by Crippen LogP contribution is 2.28. The number of hydrogen-bond acceptors (Lipinski definition) is 6. The van der Waals surface area contributed by atoms with Gasteiger partial charge in [-0.25, -0.2) is 4.98 Å². The van der Waals surface area contributed by atoms with Crippen LogP contribution in [0.2, 0.25) is 0 Å². The number of hydrogen-bond donors (Lipinski definition) is 3. The van der Waals surface area contributed by atoms with E-state index in [9.17, 15) is 9.59 Å². The van der Waals surface area contributed by atoms with E-state index in [1.165, 1.54) is 11.3 Å². The zero-order valence-corrected chi connectivity index (χ0v) is 12.2. The van der Waals surface area contributed by atoms with Crippen LogP contribution in [0.4, 0.5) is 10.9 Å². The number of likely N-dealkylation sites (tertiary alicyclic amines) is 1. The Balaban J connectivity index is 2.06. The van der Waals surface area contributed by atoms with Crippen LogP contribution in [0.5, 0.6) is 0 Å². The largest absolute Gasteiger partial charge is 0.382 e. The molecule has 8 heteroatoms. The van der Waals surface area contributed by atoms with Gasteiger partial charge in [-0.1, -0.05) is 18.3 Å². The molecule has 0 spiro atoms.